The van der Waals surface area contributed by atoms with E-state index < -0.39 is 6.10 Å². The van der Waals surface area contributed by atoms with Crippen LogP contribution in [0, 0.1) is 0 Å². The van der Waals surface area contributed by atoms with Crippen LogP contribution in [0.5, 0.6) is 0 Å². The smallest absolute Gasteiger partial charge is 0.306 e. The molecule has 6 nitrogen and oxygen atoms in total. The molecule has 0 saturated carbocycles. The van der Waals surface area contributed by atoms with Crippen molar-refractivity contribution in [2.45, 2.75) is 335 Å². The predicted molar refractivity (Wildman–Crippen MR) is 298 cm³/mol. The fourth-order valence-electron chi connectivity index (χ4n) is 9.01. The maximum Gasteiger partial charge on any atom is 0.306 e. The van der Waals surface area contributed by atoms with Gasteiger partial charge in [-0.05, 0) is 70.6 Å². The highest BCUT2D eigenvalue weighted by molar-refractivity contribution is 5.71. The van der Waals surface area contributed by atoms with Crippen molar-refractivity contribution >= 4 is 17.9 Å². The van der Waals surface area contributed by atoms with E-state index in [4.69, 9.17) is 14.2 Å². The van der Waals surface area contributed by atoms with Gasteiger partial charge in [-0.25, -0.2) is 0 Å². The van der Waals surface area contributed by atoms with E-state index in [-0.39, 0.29) is 31.1 Å². The number of ether oxygens (including phenoxy) is 3. The molecule has 0 aliphatic rings. The lowest BCUT2D eigenvalue weighted by atomic mass is 10.0. The van der Waals surface area contributed by atoms with Crippen molar-refractivity contribution in [3.63, 3.8) is 0 Å². The van der Waals surface area contributed by atoms with Crippen molar-refractivity contribution in [1.82, 2.24) is 0 Å². The molecule has 0 aliphatic heterocycles. The van der Waals surface area contributed by atoms with Crippen molar-refractivity contribution in [3.05, 3.63) is 36.5 Å². The molecule has 0 heterocycles. The fraction of sp³-hybridized carbons (Fsp3) is 0.857. The number of esters is 3. The number of rotatable bonds is 56. The second-order valence-electron chi connectivity index (χ2n) is 20.6. The number of allylic oxidation sites excluding steroid dienone is 6. The zero-order valence-corrected chi connectivity index (χ0v) is 46.3. The van der Waals surface area contributed by atoms with Gasteiger partial charge in [-0.1, -0.05) is 276 Å². The second-order valence-corrected chi connectivity index (χ2v) is 20.6. The summed E-state index contributed by atoms with van der Waals surface area (Å²) in [6.45, 7) is 6.59. The molecule has 6 heteroatoms. The highest BCUT2D eigenvalue weighted by Crippen LogP contribution is 2.17. The molecule has 1 atom stereocenters. The van der Waals surface area contributed by atoms with Gasteiger partial charge in [0.15, 0.2) is 6.10 Å². The average Bonchev–Trinajstić information content (AvgIpc) is 3.35. The van der Waals surface area contributed by atoms with Gasteiger partial charge in [-0.2, -0.15) is 0 Å². The first kappa shape index (κ1) is 66.6. The van der Waals surface area contributed by atoms with E-state index in [9.17, 15) is 14.4 Å². The highest BCUT2D eigenvalue weighted by Gasteiger charge is 2.19. The van der Waals surface area contributed by atoms with E-state index in [1.54, 1.807) is 0 Å². The van der Waals surface area contributed by atoms with Crippen LogP contribution in [0.3, 0.4) is 0 Å². The van der Waals surface area contributed by atoms with Gasteiger partial charge in [-0.3, -0.25) is 14.4 Å². The molecule has 1 unspecified atom stereocenters. The van der Waals surface area contributed by atoms with Gasteiger partial charge < -0.3 is 14.2 Å². The molecular weight excluding hydrogens is 853 g/mol. The Bertz CT molecular complexity index is 1160. The Labute approximate surface area is 429 Å². The normalized spacial score (nSPS) is 12.2. The highest BCUT2D eigenvalue weighted by atomic mass is 16.6. The molecule has 0 aromatic rings. The lowest BCUT2D eigenvalue weighted by Crippen LogP contribution is -2.30. The summed E-state index contributed by atoms with van der Waals surface area (Å²) in [6.07, 6.45) is 70.2. The van der Waals surface area contributed by atoms with Crippen molar-refractivity contribution in [3.8, 4) is 0 Å². The molecule has 0 saturated heterocycles. The molecule has 0 aliphatic carbocycles. The predicted octanol–water partition coefficient (Wildman–Crippen LogP) is 20.4. The zero-order valence-electron chi connectivity index (χ0n) is 46.3. The minimum absolute atomic E-state index is 0.0771. The van der Waals surface area contributed by atoms with Gasteiger partial charge in [0.05, 0.1) is 0 Å². The molecule has 0 amide bonds. The number of unbranched alkanes of at least 4 members (excludes halogenated alkanes) is 39. The van der Waals surface area contributed by atoms with Gasteiger partial charge >= 0.3 is 17.9 Å². The van der Waals surface area contributed by atoms with Crippen LogP contribution in [-0.4, -0.2) is 37.2 Å². The summed E-state index contributed by atoms with van der Waals surface area (Å²) < 4.78 is 16.8. The van der Waals surface area contributed by atoms with Crippen molar-refractivity contribution in [2.75, 3.05) is 13.2 Å². The van der Waals surface area contributed by atoms with Crippen LogP contribution in [0.15, 0.2) is 36.5 Å². The second kappa shape index (κ2) is 58.2. The molecule has 0 aromatic heterocycles. The van der Waals surface area contributed by atoms with E-state index in [0.29, 0.717) is 19.3 Å². The molecule has 0 rings (SSSR count). The lowest BCUT2D eigenvalue weighted by molar-refractivity contribution is -0.167. The van der Waals surface area contributed by atoms with Gasteiger partial charge in [0.2, 0.25) is 0 Å². The van der Waals surface area contributed by atoms with Crippen molar-refractivity contribution in [1.29, 1.82) is 0 Å². The minimum atomic E-state index is -0.780. The number of hydrogen-bond donors (Lipinski definition) is 0. The summed E-state index contributed by atoms with van der Waals surface area (Å²) in [5.74, 6) is -0.885. The molecule has 0 radical (unpaired) electrons. The zero-order chi connectivity index (χ0) is 50.0. The summed E-state index contributed by atoms with van der Waals surface area (Å²) in [4.78, 5) is 38.1. The topological polar surface area (TPSA) is 78.9 Å². The van der Waals surface area contributed by atoms with Gasteiger partial charge in [0.1, 0.15) is 13.2 Å². The molecular formula is C63H116O6. The van der Waals surface area contributed by atoms with Crippen LogP contribution in [0.1, 0.15) is 329 Å². The molecule has 0 aromatic carbocycles. The Morgan fingerprint density at radius 1 is 0.290 bits per heavy atom. The quantitative estimate of drug-likeness (QED) is 0.0261. The Morgan fingerprint density at radius 3 is 0.884 bits per heavy atom. The Balaban J connectivity index is 4.18. The van der Waals surface area contributed by atoms with Crippen LogP contribution >= 0.6 is 0 Å². The first-order valence-electron chi connectivity index (χ1n) is 30.5. The third kappa shape index (κ3) is 56.4. The summed E-state index contributed by atoms with van der Waals surface area (Å²) in [6, 6.07) is 0. The van der Waals surface area contributed by atoms with Crippen molar-refractivity contribution in [2.24, 2.45) is 0 Å². The summed E-state index contributed by atoms with van der Waals surface area (Å²) >= 11 is 0. The lowest BCUT2D eigenvalue weighted by Gasteiger charge is -2.18. The average molecular weight is 970 g/mol. The first-order chi connectivity index (χ1) is 34.0. The Morgan fingerprint density at radius 2 is 0.551 bits per heavy atom. The molecule has 0 fully saturated rings. The molecule has 404 valence electrons. The summed E-state index contributed by atoms with van der Waals surface area (Å²) in [5, 5.41) is 0. The molecule has 0 N–H and O–H groups in total. The Kier molecular flexibility index (Phi) is 56.2. The summed E-state index contributed by atoms with van der Waals surface area (Å²) in [7, 11) is 0. The van der Waals surface area contributed by atoms with Crippen LogP contribution in [0.4, 0.5) is 0 Å². The van der Waals surface area contributed by atoms with Crippen LogP contribution in [-0.2, 0) is 28.6 Å². The molecule has 69 heavy (non-hydrogen) atoms. The minimum Gasteiger partial charge on any atom is -0.462 e. The van der Waals surface area contributed by atoms with E-state index in [2.05, 4.69) is 57.2 Å². The summed E-state index contributed by atoms with van der Waals surface area (Å²) in [5.41, 5.74) is 0. The maximum atomic E-state index is 12.8. The van der Waals surface area contributed by atoms with E-state index >= 15 is 0 Å². The van der Waals surface area contributed by atoms with Crippen molar-refractivity contribution < 1.29 is 28.6 Å². The SMILES string of the molecule is CCC/C=C\CCCCCCCC(=O)OCC(COC(=O)CCCCCCCCCCCCCCCCCCCCCCCCCCC)OC(=O)CCCCCCC/C=C\C/C=C\CCCCCC. The van der Waals surface area contributed by atoms with E-state index in [0.717, 1.165) is 96.3 Å². The number of hydrogen-bond acceptors (Lipinski definition) is 6. The number of carbonyl (C=O) groups excluding carboxylic acids is 3. The fourth-order valence-corrected chi connectivity index (χ4v) is 9.01. The van der Waals surface area contributed by atoms with Gasteiger partial charge in [-0.15, -0.1) is 0 Å². The first-order valence-corrected chi connectivity index (χ1v) is 30.5. The van der Waals surface area contributed by atoms with Gasteiger partial charge in [0.25, 0.3) is 0 Å². The molecule has 0 spiro atoms. The molecule has 0 bridgehead atoms. The largest absolute Gasteiger partial charge is 0.462 e. The van der Waals surface area contributed by atoms with Crippen LogP contribution < -0.4 is 0 Å². The van der Waals surface area contributed by atoms with Gasteiger partial charge in [0, 0.05) is 19.3 Å². The third-order valence-electron chi connectivity index (χ3n) is 13.6. The third-order valence-corrected chi connectivity index (χ3v) is 13.6. The Hall–Kier alpha value is -2.37. The van der Waals surface area contributed by atoms with E-state index in [1.807, 2.05) is 0 Å². The number of carbonyl (C=O) groups is 3. The monoisotopic (exact) mass is 969 g/mol. The maximum absolute atomic E-state index is 12.8. The standard InChI is InChI=1S/C63H116O6/c1-4-7-10-13-16-19-22-24-26-28-29-30-31-32-33-34-35-36-38-39-41-44-47-50-53-56-62(65)68-59-60(58-67-61(64)55-52-49-46-43-21-18-15-12-9-6-3)69-63(66)57-54-51-48-45-42-40-37-27-25-23-20-17-14-11-8-5-2/h12,15,20,23,27,37,60H,4-11,13-14,16-19,21-22,24-26,28-36,38-59H2,1-3H3/b15-12-,23-20-,37-27-. The van der Waals surface area contributed by atoms with E-state index in [1.165, 1.54) is 193 Å². The van der Waals surface area contributed by atoms with Crippen LogP contribution in [0.2, 0.25) is 0 Å². The van der Waals surface area contributed by atoms with Crippen LogP contribution in [0.25, 0.3) is 0 Å².